The lowest BCUT2D eigenvalue weighted by molar-refractivity contribution is 0.0993. The molecule has 4 heteroatoms. The molecular weight excluding hydrogens is 298 g/mol. The van der Waals surface area contributed by atoms with Crippen LogP contribution in [0.15, 0.2) is 35.1 Å². The zero-order chi connectivity index (χ0) is 12.3. The number of halogens is 1. The van der Waals surface area contributed by atoms with Crippen molar-refractivity contribution >= 4 is 33.0 Å². The van der Waals surface area contributed by atoms with Crippen LogP contribution in [0.3, 0.4) is 0 Å². The minimum atomic E-state index is 0.114. The number of carbonyl (C=O) groups is 1. The van der Waals surface area contributed by atoms with E-state index in [1.807, 2.05) is 12.1 Å². The summed E-state index contributed by atoms with van der Waals surface area (Å²) in [6.45, 7) is 2.12. The zero-order valence-corrected chi connectivity index (χ0v) is 11.8. The molecule has 0 saturated heterocycles. The first kappa shape index (κ1) is 12.5. The van der Waals surface area contributed by atoms with Gasteiger partial charge >= 0.3 is 0 Å². The van der Waals surface area contributed by atoms with Crippen molar-refractivity contribution in [3.05, 3.63) is 50.4 Å². The molecule has 0 N–H and O–H groups in total. The van der Waals surface area contributed by atoms with Crippen molar-refractivity contribution in [1.29, 1.82) is 0 Å². The molecule has 17 heavy (non-hydrogen) atoms. The van der Waals surface area contributed by atoms with E-state index in [0.29, 0.717) is 12.0 Å². The molecule has 0 amide bonds. The number of carbonyl (C=O) groups excluding carboxylic acids is 1. The Morgan fingerprint density at radius 1 is 1.35 bits per heavy atom. The van der Waals surface area contributed by atoms with Crippen LogP contribution in [0.4, 0.5) is 0 Å². The second-order valence-corrected chi connectivity index (χ2v) is 5.88. The van der Waals surface area contributed by atoms with Crippen LogP contribution in [0, 0.1) is 0 Å². The quantitative estimate of drug-likeness (QED) is 0.802. The van der Waals surface area contributed by atoms with E-state index in [0.717, 1.165) is 15.8 Å². The average Bonchev–Trinajstić information content (AvgIpc) is 2.77. The second-order valence-electron chi connectivity index (χ2n) is 3.71. The van der Waals surface area contributed by atoms with Crippen molar-refractivity contribution < 1.29 is 4.79 Å². The standard InChI is InChI=1S/C13H12BrNOS/c1-2-11-3-4-12(17-11)6-13(16)9-5-10(14)8-15-7-9/h3-5,7-8H,2,6H2,1H3. The molecule has 0 aliphatic carbocycles. The van der Waals surface area contributed by atoms with Gasteiger partial charge in [-0.1, -0.05) is 6.92 Å². The van der Waals surface area contributed by atoms with Crippen LogP contribution in [-0.4, -0.2) is 10.8 Å². The van der Waals surface area contributed by atoms with Crippen molar-refractivity contribution in [3.63, 3.8) is 0 Å². The summed E-state index contributed by atoms with van der Waals surface area (Å²) in [5, 5.41) is 0. The van der Waals surface area contributed by atoms with Crippen molar-refractivity contribution in [3.8, 4) is 0 Å². The van der Waals surface area contributed by atoms with Crippen molar-refractivity contribution in [2.24, 2.45) is 0 Å². The highest BCUT2D eigenvalue weighted by Crippen LogP contribution is 2.19. The predicted octanol–water partition coefficient (Wildman–Crippen LogP) is 3.89. The van der Waals surface area contributed by atoms with Crippen molar-refractivity contribution in [2.75, 3.05) is 0 Å². The lowest BCUT2D eigenvalue weighted by Gasteiger charge is -1.99. The molecule has 0 atom stereocenters. The Morgan fingerprint density at radius 2 is 2.12 bits per heavy atom. The number of rotatable bonds is 4. The molecule has 0 aromatic carbocycles. The van der Waals surface area contributed by atoms with E-state index in [-0.39, 0.29) is 5.78 Å². The highest BCUT2D eigenvalue weighted by atomic mass is 79.9. The maximum atomic E-state index is 12.0. The second kappa shape index (κ2) is 5.56. The van der Waals surface area contributed by atoms with Crippen LogP contribution < -0.4 is 0 Å². The molecule has 2 heterocycles. The molecule has 0 radical (unpaired) electrons. The van der Waals surface area contributed by atoms with Gasteiger partial charge in [0.15, 0.2) is 5.78 Å². The number of aromatic nitrogens is 1. The van der Waals surface area contributed by atoms with Crippen LogP contribution in [0.2, 0.25) is 0 Å². The van der Waals surface area contributed by atoms with Gasteiger partial charge in [0.1, 0.15) is 0 Å². The van der Waals surface area contributed by atoms with Gasteiger partial charge in [0.2, 0.25) is 0 Å². The van der Waals surface area contributed by atoms with Gasteiger partial charge in [-0.3, -0.25) is 9.78 Å². The molecule has 0 unspecified atom stereocenters. The molecule has 0 aliphatic heterocycles. The highest BCUT2D eigenvalue weighted by Gasteiger charge is 2.09. The van der Waals surface area contributed by atoms with Crippen LogP contribution in [0.1, 0.15) is 27.0 Å². The summed E-state index contributed by atoms with van der Waals surface area (Å²) in [4.78, 5) is 18.5. The summed E-state index contributed by atoms with van der Waals surface area (Å²) in [5.74, 6) is 0.114. The van der Waals surface area contributed by atoms with Crippen LogP contribution in [0.5, 0.6) is 0 Å². The van der Waals surface area contributed by atoms with E-state index < -0.39 is 0 Å². The van der Waals surface area contributed by atoms with Crippen LogP contribution in [-0.2, 0) is 12.8 Å². The fraction of sp³-hybridized carbons (Fsp3) is 0.231. The van der Waals surface area contributed by atoms with E-state index >= 15 is 0 Å². The van der Waals surface area contributed by atoms with Gasteiger partial charge in [-0.25, -0.2) is 0 Å². The van der Waals surface area contributed by atoms with Crippen molar-refractivity contribution in [1.82, 2.24) is 4.98 Å². The third-order valence-electron chi connectivity index (χ3n) is 2.43. The first-order valence-electron chi connectivity index (χ1n) is 5.40. The summed E-state index contributed by atoms with van der Waals surface area (Å²) in [7, 11) is 0. The predicted molar refractivity (Wildman–Crippen MR) is 73.7 cm³/mol. The van der Waals surface area contributed by atoms with Gasteiger partial charge in [0, 0.05) is 38.6 Å². The fourth-order valence-electron chi connectivity index (χ4n) is 1.53. The van der Waals surface area contributed by atoms with E-state index in [4.69, 9.17) is 0 Å². The van der Waals surface area contributed by atoms with Crippen LogP contribution in [0.25, 0.3) is 0 Å². The first-order valence-corrected chi connectivity index (χ1v) is 7.01. The van der Waals surface area contributed by atoms with Gasteiger partial charge in [-0.05, 0) is 40.5 Å². The maximum absolute atomic E-state index is 12.0. The lowest BCUT2D eigenvalue weighted by atomic mass is 10.1. The number of nitrogens with zero attached hydrogens (tertiary/aromatic N) is 1. The molecular formula is C13H12BrNOS. The number of ketones is 1. The molecule has 2 rings (SSSR count). The highest BCUT2D eigenvalue weighted by molar-refractivity contribution is 9.10. The largest absolute Gasteiger partial charge is 0.294 e. The number of hydrogen-bond donors (Lipinski definition) is 0. The number of Topliss-reactive ketones (excluding diaryl/α,β-unsaturated/α-hetero) is 1. The SMILES string of the molecule is CCc1ccc(CC(=O)c2cncc(Br)c2)s1. The molecule has 0 saturated carbocycles. The first-order chi connectivity index (χ1) is 8.19. The molecule has 0 bridgehead atoms. The Bertz CT molecular complexity index is 536. The minimum absolute atomic E-state index is 0.114. The third kappa shape index (κ3) is 3.23. The normalized spacial score (nSPS) is 10.5. The summed E-state index contributed by atoms with van der Waals surface area (Å²) in [6.07, 6.45) is 4.78. The Labute approximate surface area is 113 Å². The van der Waals surface area contributed by atoms with E-state index in [1.165, 1.54) is 4.88 Å². The van der Waals surface area contributed by atoms with Gasteiger partial charge < -0.3 is 0 Å². The number of thiophene rings is 1. The van der Waals surface area contributed by atoms with Gasteiger partial charge in [0.25, 0.3) is 0 Å². The maximum Gasteiger partial charge on any atom is 0.169 e. The summed E-state index contributed by atoms with van der Waals surface area (Å²) >= 11 is 5.03. The van der Waals surface area contributed by atoms with Crippen LogP contribution >= 0.6 is 27.3 Å². The Hall–Kier alpha value is -1.000. The molecule has 2 nitrogen and oxygen atoms in total. The van der Waals surface area contributed by atoms with E-state index in [1.54, 1.807) is 23.7 Å². The minimum Gasteiger partial charge on any atom is -0.294 e. The third-order valence-corrected chi connectivity index (χ3v) is 4.09. The van der Waals surface area contributed by atoms with E-state index in [2.05, 4.69) is 33.9 Å². The van der Waals surface area contributed by atoms with Gasteiger partial charge in [-0.2, -0.15) is 0 Å². The van der Waals surface area contributed by atoms with E-state index in [9.17, 15) is 4.79 Å². The number of hydrogen-bond acceptors (Lipinski definition) is 3. The van der Waals surface area contributed by atoms with Gasteiger partial charge in [-0.15, -0.1) is 11.3 Å². The molecule has 2 aromatic heterocycles. The van der Waals surface area contributed by atoms with Gasteiger partial charge in [0.05, 0.1) is 0 Å². The Balaban J connectivity index is 2.11. The number of aryl methyl sites for hydroxylation is 1. The average molecular weight is 310 g/mol. The molecule has 88 valence electrons. The molecule has 0 aliphatic rings. The Kier molecular flexibility index (Phi) is 4.07. The topological polar surface area (TPSA) is 30.0 Å². The summed E-state index contributed by atoms with van der Waals surface area (Å²) < 4.78 is 0.837. The monoisotopic (exact) mass is 309 g/mol. The zero-order valence-electron chi connectivity index (χ0n) is 9.44. The Morgan fingerprint density at radius 3 is 2.76 bits per heavy atom. The smallest absolute Gasteiger partial charge is 0.169 e. The van der Waals surface area contributed by atoms with Crippen molar-refractivity contribution in [2.45, 2.75) is 19.8 Å². The summed E-state index contributed by atoms with van der Waals surface area (Å²) in [6, 6.07) is 5.93. The lowest BCUT2D eigenvalue weighted by Crippen LogP contribution is -2.02. The fourth-order valence-corrected chi connectivity index (χ4v) is 2.85. The molecule has 2 aromatic rings. The summed E-state index contributed by atoms with van der Waals surface area (Å²) in [5.41, 5.74) is 0.658. The molecule has 0 fully saturated rings. The number of pyridine rings is 1. The molecule has 0 spiro atoms.